The summed E-state index contributed by atoms with van der Waals surface area (Å²) < 4.78 is 12.0. The molecule has 0 fully saturated rings. The maximum absolute atomic E-state index is 13.8. The molecule has 0 aliphatic carbocycles. The first-order chi connectivity index (χ1) is 20.7. The molecule has 0 saturated heterocycles. The van der Waals surface area contributed by atoms with Crippen LogP contribution < -0.4 is 11.3 Å². The van der Waals surface area contributed by atoms with E-state index in [0.29, 0.717) is 33.2 Å². The Bertz CT molecular complexity index is 2200. The van der Waals surface area contributed by atoms with Crippen LogP contribution in [-0.4, -0.2) is 0 Å². The molecule has 0 radical (unpaired) electrons. The number of benzene rings is 3. The van der Waals surface area contributed by atoms with E-state index in [0.717, 1.165) is 31.8 Å². The normalized spacial score (nSPS) is 11.8. The van der Waals surface area contributed by atoms with Crippen LogP contribution in [0.15, 0.2) is 126 Å². The first-order valence-corrected chi connectivity index (χ1v) is 15.1. The van der Waals surface area contributed by atoms with Gasteiger partial charge in [-0.05, 0) is 58.3 Å². The first kappa shape index (κ1) is 25.9. The molecule has 4 nitrogen and oxygen atoms in total. The van der Waals surface area contributed by atoms with Crippen LogP contribution in [0.3, 0.4) is 0 Å². The maximum Gasteiger partial charge on any atom is 0.344 e. The average molecular weight is 583 g/mol. The third kappa shape index (κ3) is 4.77. The van der Waals surface area contributed by atoms with Gasteiger partial charge in [-0.15, -0.1) is 22.7 Å². The fourth-order valence-electron chi connectivity index (χ4n) is 5.20. The lowest BCUT2D eigenvalue weighted by Crippen LogP contribution is -2.09. The average Bonchev–Trinajstić information content (AvgIpc) is 3.74. The third-order valence-electron chi connectivity index (χ3n) is 7.06. The Morgan fingerprint density at radius 2 is 1.07 bits per heavy atom. The van der Waals surface area contributed by atoms with Crippen LogP contribution in [0.4, 0.5) is 0 Å². The molecule has 4 heterocycles. The summed E-state index contributed by atoms with van der Waals surface area (Å²) in [6, 6.07) is 30.6. The van der Waals surface area contributed by atoms with Crippen LogP contribution in [-0.2, 0) is 0 Å². The van der Waals surface area contributed by atoms with E-state index in [1.807, 2.05) is 126 Å². The molecule has 0 spiro atoms. The maximum atomic E-state index is 13.8. The zero-order valence-electron chi connectivity index (χ0n) is 22.2. The highest BCUT2D eigenvalue weighted by Gasteiger charge is 2.22. The Morgan fingerprint density at radius 1 is 0.524 bits per heavy atom. The van der Waals surface area contributed by atoms with Crippen molar-refractivity contribution in [3.63, 3.8) is 0 Å². The molecule has 3 aromatic carbocycles. The number of thiophene rings is 2. The summed E-state index contributed by atoms with van der Waals surface area (Å²) in [5, 5.41) is 5.33. The molecule has 4 aromatic heterocycles. The lowest BCUT2D eigenvalue weighted by atomic mass is 9.93. The molecule has 0 bridgehead atoms. The summed E-state index contributed by atoms with van der Waals surface area (Å²) in [7, 11) is 0. The Hall–Kier alpha value is -5.04. The van der Waals surface area contributed by atoms with Crippen LogP contribution in [0.1, 0.15) is 20.9 Å². The molecule has 0 unspecified atom stereocenters. The molecular formula is C36H22O4S2. The van der Waals surface area contributed by atoms with Crippen molar-refractivity contribution in [3.05, 3.63) is 150 Å². The second-order valence-electron chi connectivity index (χ2n) is 9.60. The summed E-state index contributed by atoms with van der Waals surface area (Å²) in [5.41, 5.74) is 3.54. The molecular weight excluding hydrogens is 561 g/mol. The smallest absolute Gasteiger partial charge is 0.344 e. The molecule has 42 heavy (non-hydrogen) atoms. The van der Waals surface area contributed by atoms with E-state index in [2.05, 4.69) is 0 Å². The highest BCUT2D eigenvalue weighted by molar-refractivity contribution is 7.11. The van der Waals surface area contributed by atoms with Crippen LogP contribution in [0, 0.1) is 0 Å². The van der Waals surface area contributed by atoms with Gasteiger partial charge in [-0.25, -0.2) is 9.59 Å². The quantitative estimate of drug-likeness (QED) is 0.145. The van der Waals surface area contributed by atoms with Crippen LogP contribution in [0.2, 0.25) is 0 Å². The summed E-state index contributed by atoms with van der Waals surface area (Å²) in [5.74, 6) is 0. The van der Waals surface area contributed by atoms with Crippen molar-refractivity contribution in [2.45, 2.75) is 0 Å². The summed E-state index contributed by atoms with van der Waals surface area (Å²) >= 11 is 3.22. The van der Waals surface area contributed by atoms with Crippen molar-refractivity contribution in [2.75, 3.05) is 0 Å². The zero-order chi connectivity index (χ0) is 28.5. The van der Waals surface area contributed by atoms with E-state index in [4.69, 9.17) is 8.83 Å². The standard InChI is InChI=1S/C36H22O4S2/c37-35-32(24-11-5-2-6-12-24)29(18-16-26-14-8-22-42-26)33-30(39-35)20-19-28-27(17-15-25-13-7-21-41-25)31(36(38)40-34(28)33)23-9-3-1-4-10-23/h1-22H/b17-15+,18-16+. The van der Waals surface area contributed by atoms with Gasteiger partial charge in [0, 0.05) is 26.3 Å². The minimum absolute atomic E-state index is 0.349. The van der Waals surface area contributed by atoms with E-state index < -0.39 is 11.3 Å². The fourth-order valence-corrected chi connectivity index (χ4v) is 6.43. The first-order valence-electron chi connectivity index (χ1n) is 13.3. The molecule has 202 valence electrons. The van der Waals surface area contributed by atoms with Crippen molar-refractivity contribution in [1.29, 1.82) is 0 Å². The Balaban J connectivity index is 1.61. The summed E-state index contributed by atoms with van der Waals surface area (Å²) in [6.45, 7) is 0. The van der Waals surface area contributed by atoms with Gasteiger partial charge >= 0.3 is 11.3 Å². The van der Waals surface area contributed by atoms with Crippen molar-refractivity contribution >= 4 is 68.9 Å². The van der Waals surface area contributed by atoms with Crippen molar-refractivity contribution in [2.24, 2.45) is 0 Å². The second-order valence-corrected chi connectivity index (χ2v) is 11.6. The van der Waals surface area contributed by atoms with Gasteiger partial charge in [-0.2, -0.15) is 0 Å². The van der Waals surface area contributed by atoms with Gasteiger partial charge in [0.05, 0.1) is 16.5 Å². The molecule has 0 aliphatic rings. The Labute approximate surface area is 248 Å². The van der Waals surface area contributed by atoms with Gasteiger partial charge in [0.15, 0.2) is 5.58 Å². The molecule has 0 amide bonds. The van der Waals surface area contributed by atoms with Gasteiger partial charge < -0.3 is 8.83 Å². The predicted octanol–water partition coefficient (Wildman–Crippen LogP) is 9.70. The summed E-state index contributed by atoms with van der Waals surface area (Å²) in [6.07, 6.45) is 7.86. The van der Waals surface area contributed by atoms with E-state index in [9.17, 15) is 9.59 Å². The van der Waals surface area contributed by atoms with Crippen molar-refractivity contribution in [1.82, 2.24) is 0 Å². The van der Waals surface area contributed by atoms with Gasteiger partial charge in [-0.3, -0.25) is 0 Å². The van der Waals surface area contributed by atoms with Crippen molar-refractivity contribution in [3.8, 4) is 22.3 Å². The molecule has 0 aliphatic heterocycles. The van der Waals surface area contributed by atoms with Crippen LogP contribution in [0.25, 0.3) is 68.5 Å². The molecule has 7 rings (SSSR count). The molecule has 0 N–H and O–H groups in total. The Morgan fingerprint density at radius 3 is 1.64 bits per heavy atom. The molecule has 0 saturated carbocycles. The lowest BCUT2D eigenvalue weighted by Gasteiger charge is -2.13. The number of rotatable bonds is 6. The minimum atomic E-state index is -0.465. The van der Waals surface area contributed by atoms with Gasteiger partial charge in [0.25, 0.3) is 0 Å². The number of fused-ring (bicyclic) bond motifs is 3. The lowest BCUT2D eigenvalue weighted by molar-refractivity contribution is 0.554. The molecule has 0 atom stereocenters. The second kappa shape index (κ2) is 11.1. The van der Waals surface area contributed by atoms with Crippen LogP contribution in [0.5, 0.6) is 0 Å². The highest BCUT2D eigenvalue weighted by atomic mass is 32.1. The van der Waals surface area contributed by atoms with Crippen LogP contribution >= 0.6 is 22.7 Å². The number of hydrogen-bond acceptors (Lipinski definition) is 6. The van der Waals surface area contributed by atoms with E-state index in [1.54, 1.807) is 28.7 Å². The highest BCUT2D eigenvalue weighted by Crippen LogP contribution is 2.37. The largest absolute Gasteiger partial charge is 0.422 e. The monoisotopic (exact) mass is 582 g/mol. The molecule has 6 heteroatoms. The predicted molar refractivity (Wildman–Crippen MR) is 176 cm³/mol. The Kier molecular flexibility index (Phi) is 6.84. The third-order valence-corrected chi connectivity index (χ3v) is 8.74. The minimum Gasteiger partial charge on any atom is -0.422 e. The zero-order valence-corrected chi connectivity index (χ0v) is 23.8. The van der Waals surface area contributed by atoms with E-state index in [1.165, 1.54) is 0 Å². The molecule has 7 aromatic rings. The van der Waals surface area contributed by atoms with Gasteiger partial charge in [-0.1, -0.05) is 84.9 Å². The van der Waals surface area contributed by atoms with E-state index >= 15 is 0 Å². The SMILES string of the molecule is O=c1oc2c(ccc3oc(=O)c(-c4ccccc4)c(/C=C/c4cccs4)c32)c(/C=C/c2cccs2)c1-c1ccccc1. The summed E-state index contributed by atoms with van der Waals surface area (Å²) in [4.78, 5) is 29.4. The van der Waals surface area contributed by atoms with Crippen molar-refractivity contribution < 1.29 is 8.83 Å². The topological polar surface area (TPSA) is 60.4 Å². The van der Waals surface area contributed by atoms with Gasteiger partial charge in [0.1, 0.15) is 5.58 Å². The fraction of sp³-hybridized carbons (Fsp3) is 0. The number of hydrogen-bond donors (Lipinski definition) is 0. The van der Waals surface area contributed by atoms with Gasteiger partial charge in [0.2, 0.25) is 0 Å². The van der Waals surface area contributed by atoms with E-state index in [-0.39, 0.29) is 0 Å².